The minimum Gasteiger partial charge on any atom is -0.481 e. The lowest BCUT2D eigenvalue weighted by Crippen LogP contribution is -2.21. The topological polar surface area (TPSA) is 74.6 Å². The van der Waals surface area contributed by atoms with E-state index in [-0.39, 0.29) is 6.16 Å². The average Bonchev–Trinajstić information content (AvgIpc) is 2.17. The Morgan fingerprint density at radius 2 is 1.93 bits per heavy atom. The van der Waals surface area contributed by atoms with Crippen molar-refractivity contribution < 1.29 is 19.4 Å². The van der Waals surface area contributed by atoms with Gasteiger partial charge in [-0.05, 0) is 16.9 Å². The monoisotopic (exact) mass is 233 g/mol. The fourth-order valence-corrected chi connectivity index (χ4v) is 2.95. The van der Waals surface area contributed by atoms with E-state index in [9.17, 15) is 9.36 Å². The van der Waals surface area contributed by atoms with Crippen LogP contribution in [0.1, 0.15) is 38.5 Å². The third-order valence-corrected chi connectivity index (χ3v) is 3.82. The first-order chi connectivity index (χ1) is 7.09. The van der Waals surface area contributed by atoms with Gasteiger partial charge in [-0.2, -0.15) is 4.89 Å². The van der Waals surface area contributed by atoms with E-state index in [1.807, 2.05) is 0 Å². The number of carboxylic acids is 1. The summed E-state index contributed by atoms with van der Waals surface area (Å²) < 4.78 is 10.6. The van der Waals surface area contributed by atoms with Crippen LogP contribution in [-0.2, 0) is 9.36 Å². The predicted molar refractivity (Wildman–Crippen MR) is 57.0 cm³/mol. The molecule has 1 aliphatic rings. The molecule has 0 bridgehead atoms. The first-order valence-corrected chi connectivity index (χ1v) is 6.85. The van der Waals surface area contributed by atoms with Crippen molar-refractivity contribution in [3.8, 4) is 0 Å². The summed E-state index contributed by atoms with van der Waals surface area (Å²) in [6.07, 6.45) is 6.20. The van der Waals surface area contributed by atoms with Crippen molar-refractivity contribution in [1.29, 1.82) is 0 Å². The number of hydrogen-bond donors (Lipinski definition) is 2. The molecule has 0 aromatic carbocycles. The molecule has 4 nitrogen and oxygen atoms in total. The van der Waals surface area contributed by atoms with Crippen LogP contribution in [0.2, 0.25) is 0 Å². The Balaban J connectivity index is 2.42. The van der Waals surface area contributed by atoms with Crippen LogP contribution >= 0.6 is 8.03 Å². The molecule has 15 heavy (non-hydrogen) atoms. The Bertz CT molecular complexity index is 236. The molecule has 86 valence electrons. The molecule has 2 unspecified atom stereocenters. The third kappa shape index (κ3) is 4.72. The second-order valence-electron chi connectivity index (χ2n) is 4.31. The summed E-state index contributed by atoms with van der Waals surface area (Å²) in [6, 6.07) is 0. The van der Waals surface area contributed by atoms with E-state index >= 15 is 0 Å². The molecule has 1 aliphatic carbocycles. The Labute approximate surface area is 90.6 Å². The second kappa shape index (κ2) is 6.19. The van der Waals surface area contributed by atoms with Gasteiger partial charge in [-0.1, -0.05) is 32.1 Å². The van der Waals surface area contributed by atoms with Gasteiger partial charge in [0, 0.05) is 0 Å². The fraction of sp³-hybridized carbons (Fsp3) is 0.900. The lowest BCUT2D eigenvalue weighted by molar-refractivity contribution is -0.141. The van der Waals surface area contributed by atoms with Gasteiger partial charge < -0.3 is 5.11 Å². The van der Waals surface area contributed by atoms with E-state index in [1.54, 1.807) is 0 Å². The van der Waals surface area contributed by atoms with Crippen LogP contribution in [0.4, 0.5) is 0 Å². The van der Waals surface area contributed by atoms with Crippen molar-refractivity contribution in [1.82, 2.24) is 0 Å². The van der Waals surface area contributed by atoms with Crippen molar-refractivity contribution in [2.45, 2.75) is 38.5 Å². The maximum Gasteiger partial charge on any atom is 0.506 e. The molecule has 0 heterocycles. The zero-order valence-corrected chi connectivity index (χ0v) is 9.66. The summed E-state index contributed by atoms with van der Waals surface area (Å²) in [5, 5.41) is 8.91. The third-order valence-electron chi connectivity index (χ3n) is 3.07. The van der Waals surface area contributed by atoms with Crippen molar-refractivity contribution in [2.24, 2.45) is 11.8 Å². The van der Waals surface area contributed by atoms with Crippen LogP contribution in [0.25, 0.3) is 0 Å². The van der Waals surface area contributed by atoms with Crippen molar-refractivity contribution in [3.63, 3.8) is 0 Å². The van der Waals surface area contributed by atoms with E-state index in [2.05, 4.69) is 0 Å². The van der Waals surface area contributed by atoms with Crippen LogP contribution in [0, 0.1) is 11.8 Å². The van der Waals surface area contributed by atoms with Crippen LogP contribution in [0.5, 0.6) is 0 Å². The highest BCUT2D eigenvalue weighted by atomic mass is 31.1. The molecule has 2 N–H and O–H groups in total. The molecule has 0 spiro atoms. The van der Waals surface area contributed by atoms with Gasteiger partial charge in [0.15, 0.2) is 6.16 Å². The summed E-state index contributed by atoms with van der Waals surface area (Å²) in [7, 11) is -2.33. The number of hydrogen-bond acceptors (Lipinski definition) is 2. The summed E-state index contributed by atoms with van der Waals surface area (Å²) in [5.41, 5.74) is 0. The highest BCUT2D eigenvalue weighted by Crippen LogP contribution is 2.31. The van der Waals surface area contributed by atoms with Gasteiger partial charge in [0.05, 0.1) is 0 Å². The second-order valence-corrected chi connectivity index (χ2v) is 5.38. The first kappa shape index (κ1) is 12.6. The number of carbonyl (C=O) groups is 1. The first-order valence-electron chi connectivity index (χ1n) is 5.46. The van der Waals surface area contributed by atoms with Crippen LogP contribution in [0.3, 0.4) is 0 Å². The fourth-order valence-electron chi connectivity index (χ4n) is 2.27. The van der Waals surface area contributed by atoms with Crippen molar-refractivity contribution in [2.75, 3.05) is 6.16 Å². The molecule has 0 aromatic rings. The standard InChI is InChI=1S/C10H17O4P/c11-10(12)9(7-15(13)14)6-8-4-2-1-3-5-8/h8-9H,1-7H2,(H-,11,12,13,14)/p+1. The molecule has 0 aliphatic heterocycles. The Kier molecular flexibility index (Phi) is 5.20. The lowest BCUT2D eigenvalue weighted by Gasteiger charge is -2.22. The van der Waals surface area contributed by atoms with Crippen LogP contribution in [-0.4, -0.2) is 22.1 Å². The van der Waals surface area contributed by atoms with Crippen molar-refractivity contribution >= 4 is 14.0 Å². The Hall–Kier alpha value is -0.470. The summed E-state index contributed by atoms with van der Waals surface area (Å²) in [6.45, 7) is 0. The number of carboxylic acid groups (broad SMARTS) is 1. The molecule has 1 saturated carbocycles. The summed E-state index contributed by atoms with van der Waals surface area (Å²) in [5.74, 6) is -1.13. The molecule has 0 amide bonds. The highest BCUT2D eigenvalue weighted by Gasteiger charge is 2.30. The van der Waals surface area contributed by atoms with E-state index in [4.69, 9.17) is 10.00 Å². The Morgan fingerprint density at radius 3 is 2.40 bits per heavy atom. The largest absolute Gasteiger partial charge is 0.506 e. The molecular weight excluding hydrogens is 215 g/mol. The number of aliphatic carboxylic acids is 1. The smallest absolute Gasteiger partial charge is 0.481 e. The van der Waals surface area contributed by atoms with Crippen LogP contribution < -0.4 is 0 Å². The quantitative estimate of drug-likeness (QED) is 0.715. The minimum absolute atomic E-state index is 0.0961. The van der Waals surface area contributed by atoms with Gasteiger partial charge in [-0.15, -0.1) is 0 Å². The SMILES string of the molecule is O=C(O)C(CC1CCCCC1)C[P+](=O)O. The zero-order valence-electron chi connectivity index (χ0n) is 8.76. The highest BCUT2D eigenvalue weighted by molar-refractivity contribution is 7.38. The predicted octanol–water partition coefficient (Wildman–Crippen LogP) is 2.39. The molecule has 0 saturated heterocycles. The molecule has 5 heteroatoms. The van der Waals surface area contributed by atoms with Crippen LogP contribution in [0.15, 0.2) is 0 Å². The molecule has 1 fully saturated rings. The summed E-state index contributed by atoms with van der Waals surface area (Å²) >= 11 is 0. The van der Waals surface area contributed by atoms with E-state index < -0.39 is 19.9 Å². The maximum absolute atomic E-state index is 10.9. The average molecular weight is 233 g/mol. The van der Waals surface area contributed by atoms with E-state index in [0.29, 0.717) is 12.3 Å². The Morgan fingerprint density at radius 1 is 1.33 bits per heavy atom. The zero-order chi connectivity index (χ0) is 11.3. The van der Waals surface area contributed by atoms with Gasteiger partial charge in [-0.25, -0.2) is 0 Å². The van der Waals surface area contributed by atoms with Gasteiger partial charge in [0.1, 0.15) is 5.92 Å². The van der Waals surface area contributed by atoms with E-state index in [0.717, 1.165) is 12.8 Å². The van der Waals surface area contributed by atoms with Crippen molar-refractivity contribution in [3.05, 3.63) is 0 Å². The molecule has 0 aromatic heterocycles. The lowest BCUT2D eigenvalue weighted by atomic mass is 9.83. The molecule has 0 radical (unpaired) electrons. The maximum atomic E-state index is 10.9. The van der Waals surface area contributed by atoms with Gasteiger partial charge in [0.25, 0.3) is 0 Å². The normalized spacial score (nSPS) is 21.0. The van der Waals surface area contributed by atoms with Gasteiger partial charge in [-0.3, -0.25) is 4.79 Å². The van der Waals surface area contributed by atoms with Gasteiger partial charge >= 0.3 is 14.0 Å². The van der Waals surface area contributed by atoms with Gasteiger partial charge in [0.2, 0.25) is 0 Å². The molecule has 2 atom stereocenters. The number of rotatable bonds is 5. The molecule has 1 rings (SSSR count). The summed E-state index contributed by atoms with van der Waals surface area (Å²) in [4.78, 5) is 19.6. The molecular formula is C10H18O4P+. The van der Waals surface area contributed by atoms with E-state index in [1.165, 1.54) is 19.3 Å². The minimum atomic E-state index is -2.33.